The first-order chi connectivity index (χ1) is 14.0. The Morgan fingerprint density at radius 2 is 1.76 bits per heavy atom. The van der Waals surface area contributed by atoms with Crippen molar-refractivity contribution in [1.82, 2.24) is 20.0 Å². The molecule has 4 aromatic rings. The zero-order chi connectivity index (χ0) is 20.4. The molecule has 0 unspecified atom stereocenters. The van der Waals surface area contributed by atoms with E-state index in [2.05, 4.69) is 20.4 Å². The number of carbonyl (C=O) groups excluding carboxylic acids is 1. The number of nitrogens with one attached hydrogen (secondary N) is 1. The van der Waals surface area contributed by atoms with Gasteiger partial charge in [0.15, 0.2) is 5.65 Å². The van der Waals surface area contributed by atoms with Crippen molar-refractivity contribution in [3.63, 3.8) is 0 Å². The molecule has 0 saturated heterocycles. The smallest absolute Gasteiger partial charge is 0.257 e. The molecule has 2 heterocycles. The molecule has 0 aliphatic heterocycles. The molecule has 146 valence electrons. The second-order valence-corrected chi connectivity index (χ2v) is 7.22. The number of nitrogens with two attached hydrogens (primary N) is 1. The number of fused-ring (bicyclic) bond motifs is 2. The number of carbonyl (C=O) groups is 1. The van der Waals surface area contributed by atoms with Gasteiger partial charge in [-0.15, -0.1) is 0 Å². The number of rotatable bonds is 5. The highest BCUT2D eigenvalue weighted by atomic mass is 16.1. The zero-order valence-corrected chi connectivity index (χ0v) is 16.3. The molecule has 1 amide bonds. The lowest BCUT2D eigenvalue weighted by molar-refractivity contribution is 0.0951. The molecule has 0 aliphatic rings. The first-order valence-corrected chi connectivity index (χ1v) is 9.49. The van der Waals surface area contributed by atoms with Gasteiger partial charge in [0.1, 0.15) is 16.9 Å². The van der Waals surface area contributed by atoms with E-state index in [9.17, 15) is 4.79 Å². The van der Waals surface area contributed by atoms with Gasteiger partial charge in [0.25, 0.3) is 5.91 Å². The molecule has 7 nitrogen and oxygen atoms in total. The fraction of sp³-hybridized carbons (Fsp3) is 0.182. The Kier molecular flexibility index (Phi) is 4.95. The number of nitrogen functional groups attached to an aromatic ring is 1. The number of amides is 1. The molecule has 0 bridgehead atoms. The number of hydrogen-bond acceptors (Lipinski definition) is 5. The molecular weight excluding hydrogens is 364 g/mol. The van der Waals surface area contributed by atoms with Crippen LogP contribution in [0, 0.1) is 5.92 Å². The molecule has 3 N–H and O–H groups in total. The summed E-state index contributed by atoms with van der Waals surface area (Å²) >= 11 is 0. The Morgan fingerprint density at radius 1 is 1.10 bits per heavy atom. The average Bonchev–Trinajstić information content (AvgIpc) is 2.99. The predicted octanol–water partition coefficient (Wildman–Crippen LogP) is 3.43. The molecule has 7 heteroatoms. The highest BCUT2D eigenvalue weighted by Crippen LogP contribution is 2.27. The average molecular weight is 386 g/mol. The normalized spacial score (nSPS) is 11.7. The molecule has 4 rings (SSSR count). The Labute approximate surface area is 168 Å². The third-order valence-corrected chi connectivity index (χ3v) is 4.49. The second-order valence-electron chi connectivity index (χ2n) is 7.22. The minimum Gasteiger partial charge on any atom is -0.383 e. The lowest BCUT2D eigenvalue weighted by Gasteiger charge is -2.07. The summed E-state index contributed by atoms with van der Waals surface area (Å²) in [5.74, 6) is 0.250. The number of anilines is 1. The minimum absolute atomic E-state index is 0.212. The summed E-state index contributed by atoms with van der Waals surface area (Å²) in [6, 6.07) is 17.2. The maximum absolute atomic E-state index is 12.9. The summed E-state index contributed by atoms with van der Waals surface area (Å²) in [5.41, 5.74) is 9.86. The Hall–Kier alpha value is -3.74. The minimum atomic E-state index is -0.278. The van der Waals surface area contributed by atoms with Crippen molar-refractivity contribution in [3.05, 3.63) is 65.7 Å². The molecule has 29 heavy (non-hydrogen) atoms. The molecule has 0 atom stereocenters. The third-order valence-electron chi connectivity index (χ3n) is 4.49. The van der Waals surface area contributed by atoms with Gasteiger partial charge >= 0.3 is 0 Å². The van der Waals surface area contributed by atoms with Crippen molar-refractivity contribution in [2.75, 3.05) is 12.3 Å². The van der Waals surface area contributed by atoms with Gasteiger partial charge in [0.2, 0.25) is 0 Å². The maximum Gasteiger partial charge on any atom is 0.257 e. The van der Waals surface area contributed by atoms with Gasteiger partial charge in [-0.25, -0.2) is 9.97 Å². The largest absolute Gasteiger partial charge is 0.383 e. The Balaban J connectivity index is 1.89. The fourth-order valence-corrected chi connectivity index (χ4v) is 3.04. The van der Waals surface area contributed by atoms with Gasteiger partial charge in [0.05, 0.1) is 17.2 Å². The third kappa shape index (κ3) is 3.67. The fourth-order valence-electron chi connectivity index (χ4n) is 3.04. The predicted molar refractivity (Wildman–Crippen MR) is 116 cm³/mol. The summed E-state index contributed by atoms with van der Waals surface area (Å²) in [4.78, 5) is 22.2. The number of benzene rings is 2. The van der Waals surface area contributed by atoms with Gasteiger partial charge in [0, 0.05) is 6.54 Å². The van der Waals surface area contributed by atoms with Crippen LogP contribution in [0.2, 0.25) is 0 Å². The van der Waals surface area contributed by atoms with E-state index in [0.29, 0.717) is 40.2 Å². The highest BCUT2D eigenvalue weighted by Gasteiger charge is 2.24. The van der Waals surface area contributed by atoms with E-state index in [1.54, 1.807) is 6.21 Å². The van der Waals surface area contributed by atoms with Crippen LogP contribution in [0.15, 0.2) is 59.7 Å². The molecule has 2 aromatic heterocycles. The summed E-state index contributed by atoms with van der Waals surface area (Å²) in [6.45, 7) is 4.61. The van der Waals surface area contributed by atoms with E-state index in [4.69, 9.17) is 5.73 Å². The van der Waals surface area contributed by atoms with Crippen LogP contribution >= 0.6 is 0 Å². The van der Waals surface area contributed by atoms with Crippen molar-refractivity contribution < 1.29 is 4.79 Å². The van der Waals surface area contributed by atoms with Crippen LogP contribution in [0.1, 0.15) is 29.8 Å². The Bertz CT molecular complexity index is 1210. The van der Waals surface area contributed by atoms with Crippen LogP contribution in [0.3, 0.4) is 0 Å². The summed E-state index contributed by atoms with van der Waals surface area (Å²) in [6.07, 6.45) is 1.68. The SMILES string of the molecule is CC(C)CNC(=O)c1c(N)n(/N=C\c2ccccc2)c2nc3ccccc3nc12. The molecule has 0 spiro atoms. The number of hydrogen-bond donors (Lipinski definition) is 2. The first-order valence-electron chi connectivity index (χ1n) is 9.49. The molecule has 0 aliphatic carbocycles. The van der Waals surface area contributed by atoms with Gasteiger partial charge < -0.3 is 11.1 Å². The van der Waals surface area contributed by atoms with Crippen LogP contribution in [0.4, 0.5) is 5.82 Å². The van der Waals surface area contributed by atoms with Gasteiger partial charge in [-0.2, -0.15) is 9.78 Å². The van der Waals surface area contributed by atoms with E-state index in [-0.39, 0.29) is 11.7 Å². The number of nitrogens with zero attached hydrogens (tertiary/aromatic N) is 4. The Morgan fingerprint density at radius 3 is 2.45 bits per heavy atom. The summed E-state index contributed by atoms with van der Waals surface area (Å²) in [5, 5.41) is 7.41. The van der Waals surface area contributed by atoms with E-state index in [0.717, 1.165) is 5.56 Å². The zero-order valence-electron chi connectivity index (χ0n) is 16.3. The molecule has 0 fully saturated rings. The lowest BCUT2D eigenvalue weighted by atomic mass is 10.2. The van der Waals surface area contributed by atoms with Crippen LogP contribution in [0.5, 0.6) is 0 Å². The second kappa shape index (κ2) is 7.71. The summed E-state index contributed by atoms with van der Waals surface area (Å²) < 4.78 is 1.48. The van der Waals surface area contributed by atoms with Crippen molar-refractivity contribution in [3.8, 4) is 0 Å². The topological polar surface area (TPSA) is 98.2 Å². The van der Waals surface area contributed by atoms with Gasteiger partial charge in [-0.3, -0.25) is 4.79 Å². The maximum atomic E-state index is 12.9. The van der Waals surface area contributed by atoms with Crippen LogP contribution in [-0.2, 0) is 0 Å². The number of aromatic nitrogens is 3. The summed E-state index contributed by atoms with van der Waals surface area (Å²) in [7, 11) is 0. The lowest BCUT2D eigenvalue weighted by Crippen LogP contribution is -2.28. The standard InChI is InChI=1S/C22H22N6O/c1-14(2)12-24-22(29)18-19-21(27-17-11-7-6-10-16(17)26-19)28(20(18)23)25-13-15-8-4-3-5-9-15/h3-11,13-14H,12,23H2,1-2H3,(H,24,29)/b25-13-. The van der Waals surface area contributed by atoms with Crippen LogP contribution in [0.25, 0.3) is 22.2 Å². The molecular formula is C22H22N6O. The first kappa shape index (κ1) is 18.6. The van der Waals surface area contributed by atoms with Crippen molar-refractivity contribution in [1.29, 1.82) is 0 Å². The van der Waals surface area contributed by atoms with E-state index >= 15 is 0 Å². The van der Waals surface area contributed by atoms with E-state index in [1.807, 2.05) is 68.4 Å². The van der Waals surface area contributed by atoms with Crippen molar-refractivity contribution in [2.24, 2.45) is 11.0 Å². The van der Waals surface area contributed by atoms with E-state index in [1.165, 1.54) is 4.68 Å². The molecule has 0 radical (unpaired) electrons. The van der Waals surface area contributed by atoms with Gasteiger partial charge in [-0.1, -0.05) is 56.3 Å². The highest BCUT2D eigenvalue weighted by molar-refractivity contribution is 6.10. The van der Waals surface area contributed by atoms with Crippen molar-refractivity contribution >= 4 is 40.1 Å². The molecule has 2 aromatic carbocycles. The molecule has 0 saturated carbocycles. The van der Waals surface area contributed by atoms with Crippen LogP contribution < -0.4 is 11.1 Å². The van der Waals surface area contributed by atoms with Crippen LogP contribution in [-0.4, -0.2) is 33.3 Å². The quantitative estimate of drug-likeness (QED) is 0.513. The van der Waals surface area contributed by atoms with Gasteiger partial charge in [-0.05, 0) is 23.6 Å². The van der Waals surface area contributed by atoms with E-state index < -0.39 is 0 Å². The number of para-hydroxylation sites is 2. The van der Waals surface area contributed by atoms with Crippen molar-refractivity contribution in [2.45, 2.75) is 13.8 Å². The monoisotopic (exact) mass is 386 g/mol.